The van der Waals surface area contributed by atoms with E-state index < -0.39 is 0 Å². The molecule has 0 saturated heterocycles. The second kappa shape index (κ2) is 7.63. The Morgan fingerprint density at radius 1 is 1.11 bits per heavy atom. The van der Waals surface area contributed by atoms with Crippen LogP contribution in [0.1, 0.15) is 89.9 Å². The molecule has 5 aliphatic rings. The summed E-state index contributed by atoms with van der Waals surface area (Å²) in [6, 6.07) is 0. The van der Waals surface area contributed by atoms with Crippen molar-refractivity contribution in [2.24, 2.45) is 23.2 Å². The maximum absolute atomic E-state index is 12.9. The summed E-state index contributed by atoms with van der Waals surface area (Å²) in [5.74, 6) is 3.72. The van der Waals surface area contributed by atoms with E-state index in [1.165, 1.54) is 50.7 Å². The monoisotopic (exact) mass is 384 g/mol. The minimum absolute atomic E-state index is 0.0940. The molecule has 3 saturated carbocycles. The number of ketones is 1. The lowest BCUT2D eigenvalue weighted by Gasteiger charge is -2.51. The van der Waals surface area contributed by atoms with Gasteiger partial charge in [0, 0.05) is 24.9 Å². The number of carbonyl (C=O) groups is 1. The summed E-state index contributed by atoms with van der Waals surface area (Å²) >= 11 is 0. The van der Waals surface area contributed by atoms with Crippen LogP contribution in [0.2, 0.25) is 0 Å². The third kappa shape index (κ3) is 3.09. The Kier molecular flexibility index (Phi) is 5.15. The first kappa shape index (κ1) is 18.9. The van der Waals surface area contributed by atoms with E-state index in [-0.39, 0.29) is 12.0 Å². The van der Waals surface area contributed by atoms with Crippen molar-refractivity contribution in [3.05, 3.63) is 23.0 Å². The van der Waals surface area contributed by atoms with Crippen LogP contribution >= 0.6 is 0 Å². The molecule has 3 heteroatoms. The Labute approximate surface area is 169 Å². The number of carbonyl (C=O) groups excluding carboxylic acids is 1. The minimum atomic E-state index is -0.0940. The molecular formula is C25H36O3. The highest BCUT2D eigenvalue weighted by Crippen LogP contribution is 2.61. The van der Waals surface area contributed by atoms with Crippen molar-refractivity contribution >= 4 is 5.78 Å². The van der Waals surface area contributed by atoms with Gasteiger partial charge in [-0.25, -0.2) is 0 Å². The molecule has 5 rings (SSSR count). The normalized spacial score (nSPS) is 38.1. The average Bonchev–Trinajstić information content (AvgIpc) is 3.34. The van der Waals surface area contributed by atoms with E-state index in [0.29, 0.717) is 29.6 Å². The van der Waals surface area contributed by atoms with Gasteiger partial charge >= 0.3 is 0 Å². The molecule has 1 N–H and O–H groups in total. The average molecular weight is 385 g/mol. The number of hydrogen-bond donors (Lipinski definition) is 1. The summed E-state index contributed by atoms with van der Waals surface area (Å²) in [5.41, 5.74) is 3.29. The molecule has 28 heavy (non-hydrogen) atoms. The Bertz CT molecular complexity index is 684. The van der Waals surface area contributed by atoms with Crippen LogP contribution in [0.15, 0.2) is 23.0 Å². The van der Waals surface area contributed by atoms with Gasteiger partial charge in [-0.3, -0.25) is 4.79 Å². The summed E-state index contributed by atoms with van der Waals surface area (Å²) in [6.45, 7) is 0.222. The van der Waals surface area contributed by atoms with Gasteiger partial charge in [0.1, 0.15) is 5.78 Å². The SMILES string of the molecule is O=C1CC[C@H]2[C@@H]3CCC4=C(CC=C(OC5CCCC5)C4)[C@H]3CC[C@]12CCCO. The second-order valence-corrected chi connectivity index (χ2v) is 10.1. The smallest absolute Gasteiger partial charge is 0.139 e. The molecule has 0 aromatic rings. The third-order valence-corrected chi connectivity index (χ3v) is 8.90. The van der Waals surface area contributed by atoms with E-state index in [2.05, 4.69) is 6.08 Å². The standard InChI is InChI=1S/C25H36O3/c26-15-3-13-25-14-12-21-20-9-7-19(28-18-4-1-2-5-18)16-17(20)6-8-22(21)23(25)10-11-24(25)27/h7,18,21-23,26H,1-6,8-16H2/t21-,22-,23+,25+/m1/s1. The van der Waals surface area contributed by atoms with Gasteiger partial charge in [0.2, 0.25) is 0 Å². The number of ether oxygens (including phenoxy) is 1. The summed E-state index contributed by atoms with van der Waals surface area (Å²) in [4.78, 5) is 12.9. The predicted octanol–water partition coefficient (Wildman–Crippen LogP) is 5.48. The van der Waals surface area contributed by atoms with E-state index >= 15 is 0 Å². The van der Waals surface area contributed by atoms with Crippen LogP contribution in [0.4, 0.5) is 0 Å². The highest BCUT2D eigenvalue weighted by atomic mass is 16.5. The number of rotatable bonds is 5. The van der Waals surface area contributed by atoms with Crippen LogP contribution in [0.3, 0.4) is 0 Å². The van der Waals surface area contributed by atoms with Gasteiger partial charge in [-0.1, -0.05) is 11.1 Å². The molecule has 0 amide bonds. The van der Waals surface area contributed by atoms with Gasteiger partial charge in [-0.15, -0.1) is 0 Å². The highest BCUT2D eigenvalue weighted by molar-refractivity contribution is 5.87. The van der Waals surface area contributed by atoms with Crippen LogP contribution in [0, 0.1) is 23.2 Å². The Balaban J connectivity index is 1.31. The zero-order valence-electron chi connectivity index (χ0n) is 17.3. The molecule has 3 fully saturated rings. The van der Waals surface area contributed by atoms with Crippen LogP contribution < -0.4 is 0 Å². The number of fused-ring (bicyclic) bond motifs is 4. The topological polar surface area (TPSA) is 46.5 Å². The number of allylic oxidation sites excluding steroid dienone is 3. The lowest BCUT2D eigenvalue weighted by molar-refractivity contribution is -0.132. The Morgan fingerprint density at radius 2 is 1.96 bits per heavy atom. The lowest BCUT2D eigenvalue weighted by atomic mass is 9.53. The van der Waals surface area contributed by atoms with Crippen molar-refractivity contribution in [1.29, 1.82) is 0 Å². The number of aliphatic hydroxyl groups is 1. The third-order valence-electron chi connectivity index (χ3n) is 8.90. The summed E-state index contributed by atoms with van der Waals surface area (Å²) in [6.07, 6.45) is 18.4. The minimum Gasteiger partial charge on any atom is -0.495 e. The molecule has 3 nitrogen and oxygen atoms in total. The molecule has 0 spiro atoms. The summed E-state index contributed by atoms with van der Waals surface area (Å²) < 4.78 is 6.34. The maximum Gasteiger partial charge on any atom is 0.139 e. The summed E-state index contributed by atoms with van der Waals surface area (Å²) in [7, 11) is 0. The molecule has 0 aliphatic heterocycles. The Hall–Kier alpha value is -1.09. The van der Waals surface area contributed by atoms with E-state index in [9.17, 15) is 9.90 Å². The zero-order chi connectivity index (χ0) is 19.1. The number of aliphatic hydroxyl groups excluding tert-OH is 1. The summed E-state index contributed by atoms with van der Waals surface area (Å²) in [5, 5.41) is 9.38. The fourth-order valence-electron chi connectivity index (χ4n) is 7.63. The van der Waals surface area contributed by atoms with E-state index in [0.717, 1.165) is 44.9 Å². The van der Waals surface area contributed by atoms with Gasteiger partial charge in [0.05, 0.1) is 11.9 Å². The van der Waals surface area contributed by atoms with Crippen molar-refractivity contribution in [2.75, 3.05) is 6.61 Å². The van der Waals surface area contributed by atoms with Gasteiger partial charge < -0.3 is 9.84 Å². The van der Waals surface area contributed by atoms with Crippen LogP contribution in [-0.4, -0.2) is 23.6 Å². The molecule has 154 valence electrons. The van der Waals surface area contributed by atoms with E-state index in [1.807, 2.05) is 0 Å². The first-order chi connectivity index (χ1) is 13.7. The predicted molar refractivity (Wildman–Crippen MR) is 110 cm³/mol. The van der Waals surface area contributed by atoms with E-state index in [4.69, 9.17) is 4.74 Å². The molecule has 0 aromatic heterocycles. The van der Waals surface area contributed by atoms with Crippen molar-refractivity contribution in [2.45, 2.75) is 96.0 Å². The molecule has 0 heterocycles. The maximum atomic E-state index is 12.9. The van der Waals surface area contributed by atoms with Gasteiger partial charge in [-0.2, -0.15) is 0 Å². The molecular weight excluding hydrogens is 348 g/mol. The lowest BCUT2D eigenvalue weighted by Crippen LogP contribution is -2.45. The molecule has 0 radical (unpaired) electrons. The van der Waals surface area contributed by atoms with Crippen LogP contribution in [0.5, 0.6) is 0 Å². The van der Waals surface area contributed by atoms with Crippen molar-refractivity contribution in [3.63, 3.8) is 0 Å². The van der Waals surface area contributed by atoms with Gasteiger partial charge in [-0.05, 0) is 101 Å². The molecule has 0 bridgehead atoms. The number of hydrogen-bond acceptors (Lipinski definition) is 3. The van der Waals surface area contributed by atoms with Crippen molar-refractivity contribution in [3.8, 4) is 0 Å². The molecule has 0 unspecified atom stereocenters. The first-order valence-corrected chi connectivity index (χ1v) is 11.9. The zero-order valence-corrected chi connectivity index (χ0v) is 17.3. The van der Waals surface area contributed by atoms with Crippen LogP contribution in [0.25, 0.3) is 0 Å². The van der Waals surface area contributed by atoms with E-state index in [1.54, 1.807) is 11.1 Å². The van der Waals surface area contributed by atoms with Crippen molar-refractivity contribution < 1.29 is 14.6 Å². The fraction of sp³-hybridized carbons (Fsp3) is 0.800. The fourth-order valence-corrected chi connectivity index (χ4v) is 7.63. The number of Topliss-reactive ketones (excluding diaryl/α,β-unsaturated/α-hetero) is 1. The largest absolute Gasteiger partial charge is 0.495 e. The molecule has 5 aliphatic carbocycles. The second-order valence-electron chi connectivity index (χ2n) is 10.1. The molecule has 0 aromatic carbocycles. The first-order valence-electron chi connectivity index (χ1n) is 11.9. The van der Waals surface area contributed by atoms with Gasteiger partial charge in [0.25, 0.3) is 0 Å². The van der Waals surface area contributed by atoms with Crippen molar-refractivity contribution in [1.82, 2.24) is 0 Å². The van der Waals surface area contributed by atoms with Gasteiger partial charge in [0.15, 0.2) is 0 Å². The van der Waals surface area contributed by atoms with Crippen LogP contribution in [-0.2, 0) is 9.53 Å². The quantitative estimate of drug-likeness (QED) is 0.639. The highest BCUT2D eigenvalue weighted by Gasteiger charge is 2.56. The molecule has 4 atom stereocenters. The Morgan fingerprint density at radius 3 is 2.79 bits per heavy atom.